The van der Waals surface area contributed by atoms with Crippen LogP contribution in [0.4, 0.5) is 19.0 Å². The second-order valence-corrected chi connectivity index (χ2v) is 7.02. The van der Waals surface area contributed by atoms with Crippen LogP contribution in [0.5, 0.6) is 5.75 Å². The minimum absolute atomic E-state index is 0.0542. The van der Waals surface area contributed by atoms with Crippen LogP contribution in [0, 0.1) is 11.3 Å². The molecule has 0 amide bonds. The fraction of sp³-hybridized carbons (Fsp3) is 0.429. The Hall–Kier alpha value is -3.35. The summed E-state index contributed by atoms with van der Waals surface area (Å²) >= 11 is 0. The fourth-order valence-electron chi connectivity index (χ4n) is 3.18. The third-order valence-electron chi connectivity index (χ3n) is 4.71. The number of hydrogen-bond donors (Lipinski definition) is 0. The maximum absolute atomic E-state index is 13.1. The summed E-state index contributed by atoms with van der Waals surface area (Å²) in [6, 6.07) is 4.91. The monoisotopic (exact) mass is 433 g/mol. The van der Waals surface area contributed by atoms with E-state index in [0.717, 1.165) is 6.42 Å². The zero-order valence-electron chi connectivity index (χ0n) is 17.2. The number of anilines is 1. The van der Waals surface area contributed by atoms with Gasteiger partial charge in [0.25, 0.3) is 0 Å². The van der Waals surface area contributed by atoms with E-state index in [1.807, 2.05) is 24.9 Å². The van der Waals surface area contributed by atoms with Gasteiger partial charge in [0.2, 0.25) is 0 Å². The van der Waals surface area contributed by atoms with Crippen molar-refractivity contribution >= 4 is 16.8 Å². The van der Waals surface area contributed by atoms with Crippen molar-refractivity contribution in [3.05, 3.63) is 41.5 Å². The van der Waals surface area contributed by atoms with Crippen LogP contribution < -0.4 is 9.64 Å². The molecule has 0 aliphatic rings. The molecule has 0 atom stereocenters. The van der Waals surface area contributed by atoms with E-state index in [0.29, 0.717) is 48.8 Å². The number of benzene rings is 1. The van der Waals surface area contributed by atoms with Gasteiger partial charge in [0.1, 0.15) is 11.6 Å². The van der Waals surface area contributed by atoms with Crippen LogP contribution in [-0.2, 0) is 19.0 Å². The largest absolute Gasteiger partial charge is 0.493 e. The molecule has 164 valence electrons. The number of nitrogens with zero attached hydrogens (tertiary/aromatic N) is 5. The first-order valence-electron chi connectivity index (χ1n) is 9.85. The Balaban J connectivity index is 1.64. The predicted octanol–water partition coefficient (Wildman–Crippen LogP) is 4.56. The van der Waals surface area contributed by atoms with Gasteiger partial charge in [-0.3, -0.25) is 4.98 Å². The molecule has 2 aromatic heterocycles. The van der Waals surface area contributed by atoms with Gasteiger partial charge in [-0.05, 0) is 25.0 Å². The first-order valence-corrected chi connectivity index (χ1v) is 9.85. The zero-order chi connectivity index (χ0) is 22.4. The lowest BCUT2D eigenvalue weighted by Crippen LogP contribution is -2.21. The third-order valence-corrected chi connectivity index (χ3v) is 4.71. The van der Waals surface area contributed by atoms with E-state index in [2.05, 4.69) is 15.1 Å². The van der Waals surface area contributed by atoms with Crippen LogP contribution in [0.25, 0.3) is 11.0 Å². The second kappa shape index (κ2) is 9.64. The Morgan fingerprint density at radius 1 is 1.23 bits per heavy atom. The normalized spacial score (nSPS) is 11.5. The summed E-state index contributed by atoms with van der Waals surface area (Å²) in [4.78, 5) is 10.4. The second-order valence-electron chi connectivity index (χ2n) is 7.02. The summed E-state index contributed by atoms with van der Waals surface area (Å²) in [5.74, 6) is 1.18. The molecule has 7 nitrogen and oxygen atoms in total. The highest BCUT2D eigenvalue weighted by Crippen LogP contribution is 2.38. The van der Waals surface area contributed by atoms with Gasteiger partial charge in [-0.1, -0.05) is 18.5 Å². The molecule has 0 unspecified atom stereocenters. The summed E-state index contributed by atoms with van der Waals surface area (Å²) in [5.41, 5.74) is 0.310. The van der Waals surface area contributed by atoms with E-state index >= 15 is 0 Å². The maximum Gasteiger partial charge on any atom is 0.437 e. The molecule has 0 N–H and O–H groups in total. The average Bonchev–Trinajstić information content (AvgIpc) is 3.18. The van der Waals surface area contributed by atoms with Crippen molar-refractivity contribution in [2.45, 2.75) is 38.8 Å². The topological polar surface area (TPSA) is 88.1 Å². The molecule has 0 spiro atoms. The lowest BCUT2D eigenvalue weighted by molar-refractivity contribution is -0.141. The first kappa shape index (κ1) is 22.3. The molecule has 2 heterocycles. The molecule has 0 saturated heterocycles. The number of nitriles is 1. The lowest BCUT2D eigenvalue weighted by atomic mass is 10.0. The van der Waals surface area contributed by atoms with Crippen molar-refractivity contribution < 1.29 is 22.4 Å². The van der Waals surface area contributed by atoms with E-state index in [9.17, 15) is 13.2 Å². The summed E-state index contributed by atoms with van der Waals surface area (Å²) in [6.07, 6.45) is 0.728. The Kier molecular flexibility index (Phi) is 6.95. The third kappa shape index (κ3) is 5.23. The minimum Gasteiger partial charge on any atom is -0.493 e. The smallest absolute Gasteiger partial charge is 0.437 e. The van der Waals surface area contributed by atoms with Gasteiger partial charge in [-0.15, -0.1) is 0 Å². The van der Waals surface area contributed by atoms with Gasteiger partial charge in [0.05, 0.1) is 42.6 Å². The highest BCUT2D eigenvalue weighted by molar-refractivity contribution is 5.85. The number of fused-ring (bicyclic) bond motifs is 1. The van der Waals surface area contributed by atoms with Crippen LogP contribution in [-0.4, -0.2) is 35.3 Å². The molecule has 3 rings (SSSR count). The van der Waals surface area contributed by atoms with Gasteiger partial charge in [-0.25, -0.2) is 4.98 Å². The Labute approximate surface area is 177 Å². The van der Waals surface area contributed by atoms with E-state index in [4.69, 9.17) is 14.5 Å². The Morgan fingerprint density at radius 2 is 2.03 bits per heavy atom. The highest BCUT2D eigenvalue weighted by atomic mass is 19.4. The molecule has 3 aromatic rings. The van der Waals surface area contributed by atoms with Gasteiger partial charge >= 0.3 is 6.18 Å². The van der Waals surface area contributed by atoms with Crippen LogP contribution in [0.3, 0.4) is 0 Å². The van der Waals surface area contributed by atoms with E-state index < -0.39 is 11.9 Å². The van der Waals surface area contributed by atoms with Crippen LogP contribution in [0.2, 0.25) is 0 Å². The van der Waals surface area contributed by atoms with Crippen molar-refractivity contribution in [3.63, 3.8) is 0 Å². The molecule has 1 aromatic carbocycles. The van der Waals surface area contributed by atoms with E-state index in [1.54, 1.807) is 18.5 Å². The van der Waals surface area contributed by atoms with Gasteiger partial charge in [0, 0.05) is 19.2 Å². The van der Waals surface area contributed by atoms with E-state index in [-0.39, 0.29) is 17.4 Å². The standard InChI is InChI=1S/C21H22F3N5O2/c1-3-5-15-17(7-6-16-19(15)31-28-20(16)21(22,23)24)30-11-4-10-29(2)18-13-26-14(8-9-25)12-27-18/h6-7,12-13H,3-5,8,10-11H2,1-2H3. The van der Waals surface area contributed by atoms with Crippen molar-refractivity contribution in [1.82, 2.24) is 15.1 Å². The van der Waals surface area contributed by atoms with Crippen molar-refractivity contribution in [3.8, 4) is 11.8 Å². The number of ether oxygens (including phenoxy) is 1. The molecular formula is C21H22F3N5O2. The molecule has 0 radical (unpaired) electrons. The summed E-state index contributed by atoms with van der Waals surface area (Å²) in [6.45, 7) is 2.94. The van der Waals surface area contributed by atoms with Crippen molar-refractivity contribution in [2.24, 2.45) is 0 Å². The first-order chi connectivity index (χ1) is 14.8. The lowest BCUT2D eigenvalue weighted by Gasteiger charge is -2.18. The van der Waals surface area contributed by atoms with Gasteiger partial charge < -0.3 is 14.2 Å². The van der Waals surface area contributed by atoms with E-state index in [1.165, 1.54) is 6.07 Å². The molecule has 0 saturated carbocycles. The average molecular weight is 433 g/mol. The molecule has 0 fully saturated rings. The number of halogens is 3. The molecule has 31 heavy (non-hydrogen) atoms. The van der Waals surface area contributed by atoms with Crippen LogP contribution >= 0.6 is 0 Å². The number of rotatable bonds is 9. The van der Waals surface area contributed by atoms with Crippen LogP contribution in [0.15, 0.2) is 29.0 Å². The number of hydrogen-bond acceptors (Lipinski definition) is 7. The maximum atomic E-state index is 13.1. The molecule has 0 aliphatic heterocycles. The molecular weight excluding hydrogens is 411 g/mol. The number of aryl methyl sites for hydroxylation is 1. The SMILES string of the molecule is CCCc1c(OCCCN(C)c2cnc(CC#N)cn2)ccc2c(C(F)(F)F)noc12. The van der Waals surface area contributed by atoms with Crippen LogP contribution in [0.1, 0.15) is 36.7 Å². The summed E-state index contributed by atoms with van der Waals surface area (Å²) in [5, 5.41) is 11.9. The summed E-state index contributed by atoms with van der Waals surface area (Å²) in [7, 11) is 1.87. The van der Waals surface area contributed by atoms with Gasteiger partial charge in [0.15, 0.2) is 11.3 Å². The summed E-state index contributed by atoms with van der Waals surface area (Å²) < 4.78 is 50.2. The van der Waals surface area contributed by atoms with Crippen molar-refractivity contribution in [1.29, 1.82) is 5.26 Å². The van der Waals surface area contributed by atoms with Gasteiger partial charge in [-0.2, -0.15) is 18.4 Å². The highest BCUT2D eigenvalue weighted by Gasteiger charge is 2.37. The Morgan fingerprint density at radius 3 is 2.68 bits per heavy atom. The molecule has 10 heteroatoms. The van der Waals surface area contributed by atoms with Crippen molar-refractivity contribution in [2.75, 3.05) is 25.1 Å². The number of alkyl halides is 3. The zero-order valence-corrected chi connectivity index (χ0v) is 17.2. The predicted molar refractivity (Wildman–Crippen MR) is 108 cm³/mol. The quantitative estimate of drug-likeness (QED) is 0.457. The Bertz CT molecular complexity index is 1060. The molecule has 0 bridgehead atoms. The minimum atomic E-state index is -4.57. The number of aromatic nitrogens is 3. The fourth-order valence-corrected chi connectivity index (χ4v) is 3.18. The molecule has 0 aliphatic carbocycles.